The van der Waals surface area contributed by atoms with Crippen molar-refractivity contribution in [1.82, 2.24) is 19.9 Å². The lowest BCUT2D eigenvalue weighted by Crippen LogP contribution is -2.05. The molecule has 0 aliphatic heterocycles. The van der Waals surface area contributed by atoms with Gasteiger partial charge in [0, 0.05) is 31.1 Å². The second-order valence-electron chi connectivity index (χ2n) is 5.97. The third kappa shape index (κ3) is 3.61. The van der Waals surface area contributed by atoms with E-state index in [2.05, 4.69) is 35.9 Å². The molecule has 4 rings (SSSR count). The Bertz CT molecular complexity index is 1120. The Morgan fingerprint density at radius 2 is 2.00 bits per heavy atom. The van der Waals surface area contributed by atoms with Crippen LogP contribution in [-0.4, -0.2) is 40.3 Å². The molecule has 0 aliphatic carbocycles. The van der Waals surface area contributed by atoms with E-state index in [0.29, 0.717) is 45.9 Å². The van der Waals surface area contributed by atoms with Crippen molar-refractivity contribution in [3.05, 3.63) is 59.3 Å². The number of H-pyrrole nitrogens is 1. The van der Waals surface area contributed by atoms with Gasteiger partial charge >= 0.3 is 0 Å². The number of halogens is 2. The second-order valence-corrected chi connectivity index (χ2v) is 6.78. The molecule has 0 aliphatic rings. The summed E-state index contributed by atoms with van der Waals surface area (Å²) in [6, 6.07) is 10.6. The molecule has 0 unspecified atom stereocenters. The summed E-state index contributed by atoms with van der Waals surface area (Å²) in [4.78, 5) is 16.1. The summed E-state index contributed by atoms with van der Waals surface area (Å²) in [7, 11) is 1.58. The highest BCUT2D eigenvalue weighted by molar-refractivity contribution is 9.10. The summed E-state index contributed by atoms with van der Waals surface area (Å²) < 4.78 is 25.7. The summed E-state index contributed by atoms with van der Waals surface area (Å²) in [6.45, 7) is 0.687. The van der Waals surface area contributed by atoms with Crippen LogP contribution >= 0.6 is 15.9 Å². The molecule has 8 heteroatoms. The van der Waals surface area contributed by atoms with Crippen LogP contribution in [0.25, 0.3) is 33.5 Å². The van der Waals surface area contributed by atoms with E-state index in [-0.39, 0.29) is 0 Å². The zero-order valence-electron chi connectivity index (χ0n) is 14.9. The van der Waals surface area contributed by atoms with Gasteiger partial charge in [0.1, 0.15) is 28.0 Å². The number of ether oxygens (including phenoxy) is 2. The standard InChI is InChI=1S/C20H16BrFN4O2/c1-27-8-9-28-14-11-16(22)25-20-17(13-4-2-3-6-23-13)18(26-19(14)20)12-5-7-24-15(21)10-12/h2-7,10-11,26H,8-9H2,1H3. The Labute approximate surface area is 168 Å². The summed E-state index contributed by atoms with van der Waals surface area (Å²) in [5.74, 6) is -0.255. The van der Waals surface area contributed by atoms with Crippen LogP contribution in [0.15, 0.2) is 53.4 Å². The van der Waals surface area contributed by atoms with Gasteiger partial charge in [-0.1, -0.05) is 6.07 Å². The first-order chi connectivity index (χ1) is 13.7. The van der Waals surface area contributed by atoms with Gasteiger partial charge in [0.05, 0.1) is 23.6 Å². The maximum atomic E-state index is 14.3. The lowest BCUT2D eigenvalue weighted by atomic mass is 10.1. The first-order valence-electron chi connectivity index (χ1n) is 8.54. The number of pyridine rings is 3. The molecule has 0 amide bonds. The van der Waals surface area contributed by atoms with Crippen molar-refractivity contribution in [2.75, 3.05) is 20.3 Å². The number of rotatable bonds is 6. The quantitative estimate of drug-likeness (QED) is 0.348. The Balaban J connectivity index is 1.98. The molecule has 4 aromatic heterocycles. The first kappa shape index (κ1) is 18.5. The zero-order chi connectivity index (χ0) is 19.5. The minimum absolute atomic E-state index is 0.295. The van der Waals surface area contributed by atoms with Gasteiger partial charge in [0.15, 0.2) is 0 Å². The normalized spacial score (nSPS) is 11.1. The Morgan fingerprint density at radius 3 is 2.75 bits per heavy atom. The average molecular weight is 443 g/mol. The van der Waals surface area contributed by atoms with Crippen LogP contribution in [0.5, 0.6) is 5.75 Å². The summed E-state index contributed by atoms with van der Waals surface area (Å²) >= 11 is 3.40. The van der Waals surface area contributed by atoms with Crippen LogP contribution in [0.3, 0.4) is 0 Å². The Kier molecular flexibility index (Phi) is 5.31. The van der Waals surface area contributed by atoms with Gasteiger partial charge in [-0.25, -0.2) is 9.97 Å². The molecule has 0 fully saturated rings. The summed E-state index contributed by atoms with van der Waals surface area (Å²) in [5, 5.41) is 0. The fourth-order valence-electron chi connectivity index (χ4n) is 2.98. The van der Waals surface area contributed by atoms with E-state index in [0.717, 1.165) is 11.3 Å². The van der Waals surface area contributed by atoms with Gasteiger partial charge in [0.25, 0.3) is 0 Å². The molecule has 0 radical (unpaired) electrons. The summed E-state index contributed by atoms with van der Waals surface area (Å²) in [6.07, 6.45) is 3.38. The predicted octanol–water partition coefficient (Wildman–Crippen LogP) is 4.61. The highest BCUT2D eigenvalue weighted by atomic mass is 79.9. The highest BCUT2D eigenvalue weighted by Crippen LogP contribution is 2.40. The van der Waals surface area contributed by atoms with Crippen LogP contribution in [0.4, 0.5) is 4.39 Å². The van der Waals surface area contributed by atoms with E-state index in [4.69, 9.17) is 9.47 Å². The molecule has 4 aromatic rings. The molecule has 0 bridgehead atoms. The molecule has 0 atom stereocenters. The molecule has 1 N–H and O–H groups in total. The molecule has 142 valence electrons. The molecule has 0 saturated carbocycles. The van der Waals surface area contributed by atoms with Crippen LogP contribution in [0, 0.1) is 5.95 Å². The van der Waals surface area contributed by atoms with Crippen molar-refractivity contribution in [3.63, 3.8) is 0 Å². The smallest absolute Gasteiger partial charge is 0.217 e. The molecule has 0 spiro atoms. The fourth-order valence-corrected chi connectivity index (χ4v) is 3.35. The first-order valence-corrected chi connectivity index (χ1v) is 9.34. The highest BCUT2D eigenvalue weighted by Gasteiger charge is 2.21. The van der Waals surface area contributed by atoms with Crippen molar-refractivity contribution in [3.8, 4) is 28.3 Å². The molecule has 6 nitrogen and oxygen atoms in total. The minimum atomic E-state index is -0.626. The molecule has 0 saturated heterocycles. The van der Waals surface area contributed by atoms with Crippen molar-refractivity contribution in [2.24, 2.45) is 0 Å². The van der Waals surface area contributed by atoms with Gasteiger partial charge in [-0.2, -0.15) is 4.39 Å². The number of aromatic nitrogens is 4. The average Bonchev–Trinajstić information content (AvgIpc) is 3.08. The third-order valence-corrected chi connectivity index (χ3v) is 4.60. The molecule has 28 heavy (non-hydrogen) atoms. The molecular weight excluding hydrogens is 427 g/mol. The van der Waals surface area contributed by atoms with Crippen molar-refractivity contribution < 1.29 is 13.9 Å². The maximum absolute atomic E-state index is 14.3. The van der Waals surface area contributed by atoms with Gasteiger partial charge in [-0.15, -0.1) is 0 Å². The van der Waals surface area contributed by atoms with Crippen molar-refractivity contribution in [2.45, 2.75) is 0 Å². The lowest BCUT2D eigenvalue weighted by molar-refractivity contribution is 0.147. The molecular formula is C20H16BrFN4O2. The van der Waals surface area contributed by atoms with Crippen LogP contribution in [-0.2, 0) is 4.74 Å². The van der Waals surface area contributed by atoms with E-state index in [1.165, 1.54) is 6.07 Å². The van der Waals surface area contributed by atoms with Gasteiger partial charge < -0.3 is 14.5 Å². The number of aromatic amines is 1. The van der Waals surface area contributed by atoms with Crippen molar-refractivity contribution in [1.29, 1.82) is 0 Å². The Hall–Kier alpha value is -2.84. The van der Waals surface area contributed by atoms with Crippen LogP contribution in [0.1, 0.15) is 0 Å². The molecule has 4 heterocycles. The number of methoxy groups -OCH3 is 1. The zero-order valence-corrected chi connectivity index (χ0v) is 16.5. The van der Waals surface area contributed by atoms with E-state index in [1.54, 1.807) is 19.5 Å². The van der Waals surface area contributed by atoms with Gasteiger partial charge in [0.2, 0.25) is 5.95 Å². The number of nitrogens with one attached hydrogen (secondary N) is 1. The number of hydrogen-bond acceptors (Lipinski definition) is 5. The number of nitrogens with zero attached hydrogens (tertiary/aromatic N) is 3. The monoisotopic (exact) mass is 442 g/mol. The van der Waals surface area contributed by atoms with Gasteiger partial charge in [-0.05, 0) is 40.2 Å². The number of hydrogen-bond donors (Lipinski definition) is 1. The predicted molar refractivity (Wildman–Crippen MR) is 108 cm³/mol. The van der Waals surface area contributed by atoms with Crippen molar-refractivity contribution >= 4 is 27.0 Å². The maximum Gasteiger partial charge on any atom is 0.217 e. The molecule has 0 aromatic carbocycles. The van der Waals surface area contributed by atoms with E-state index in [9.17, 15) is 4.39 Å². The van der Waals surface area contributed by atoms with E-state index >= 15 is 0 Å². The Morgan fingerprint density at radius 1 is 1.11 bits per heavy atom. The summed E-state index contributed by atoms with van der Waals surface area (Å²) in [5.41, 5.74) is 4.05. The van der Waals surface area contributed by atoms with Crippen LogP contribution in [0.2, 0.25) is 0 Å². The topological polar surface area (TPSA) is 72.9 Å². The fraction of sp³-hybridized carbons (Fsp3) is 0.150. The third-order valence-electron chi connectivity index (χ3n) is 4.17. The lowest BCUT2D eigenvalue weighted by Gasteiger charge is -2.07. The second kappa shape index (κ2) is 8.04. The largest absolute Gasteiger partial charge is 0.489 e. The minimum Gasteiger partial charge on any atom is -0.489 e. The van der Waals surface area contributed by atoms with Gasteiger partial charge in [-0.3, -0.25) is 4.98 Å². The SMILES string of the molecule is COCCOc1cc(F)nc2c(-c3ccccn3)c(-c3ccnc(Br)c3)[nH]c12. The number of fused-ring (bicyclic) bond motifs is 1. The van der Waals surface area contributed by atoms with E-state index < -0.39 is 5.95 Å². The van der Waals surface area contributed by atoms with Crippen LogP contribution < -0.4 is 4.74 Å². The van der Waals surface area contributed by atoms with E-state index in [1.807, 2.05) is 30.3 Å².